The Hall–Kier alpha value is -2.64. The van der Waals surface area contributed by atoms with Crippen molar-refractivity contribution in [3.63, 3.8) is 0 Å². The minimum Gasteiger partial charge on any atom is -0.399 e. The third-order valence-electron chi connectivity index (χ3n) is 4.12. The Morgan fingerprint density at radius 1 is 1.25 bits per heavy atom. The molecule has 0 unspecified atom stereocenters. The van der Waals surface area contributed by atoms with E-state index in [1.54, 1.807) is 24.3 Å². The Labute approximate surface area is 142 Å². The monoisotopic (exact) mass is 339 g/mol. The molecule has 6 N–H and O–H groups in total. The summed E-state index contributed by atoms with van der Waals surface area (Å²) in [5.74, 6) is -0.226. The summed E-state index contributed by atoms with van der Waals surface area (Å²) in [6.07, 6.45) is 0.899. The number of nitrogens with two attached hydrogens (primary N) is 2. The number of anilines is 3. The molecular weight excluding hydrogens is 322 g/mol. The van der Waals surface area contributed by atoms with Crippen molar-refractivity contribution < 1.29 is 4.79 Å². The maximum atomic E-state index is 12.6. The molecule has 1 aliphatic heterocycles. The van der Waals surface area contributed by atoms with Crippen molar-refractivity contribution in [2.45, 2.75) is 13.0 Å². The van der Waals surface area contributed by atoms with Gasteiger partial charge in [-0.25, -0.2) is 4.98 Å². The van der Waals surface area contributed by atoms with Gasteiger partial charge in [0.1, 0.15) is 9.71 Å². The molecule has 3 aromatic rings. The number of benzene rings is 1. The van der Waals surface area contributed by atoms with Crippen LogP contribution in [0.15, 0.2) is 30.3 Å². The summed E-state index contributed by atoms with van der Waals surface area (Å²) < 4.78 is 0. The SMILES string of the molecule is Nc1ccc(NC(=O)c2sc3nc4c(cc3c2N)CNCC4)cc1. The maximum Gasteiger partial charge on any atom is 0.267 e. The van der Waals surface area contributed by atoms with Crippen molar-refractivity contribution >= 4 is 44.5 Å². The van der Waals surface area contributed by atoms with E-state index >= 15 is 0 Å². The Kier molecular flexibility index (Phi) is 3.59. The fourth-order valence-corrected chi connectivity index (χ4v) is 3.83. The number of pyridine rings is 1. The first kappa shape index (κ1) is 14.9. The molecule has 0 aliphatic carbocycles. The Morgan fingerprint density at radius 3 is 2.83 bits per heavy atom. The number of amides is 1. The molecule has 0 radical (unpaired) electrons. The van der Waals surface area contributed by atoms with Gasteiger partial charge in [0.05, 0.1) is 5.69 Å². The second-order valence-electron chi connectivity index (χ2n) is 5.79. The number of carbonyl (C=O) groups excluding carboxylic acids is 1. The van der Waals surface area contributed by atoms with Gasteiger partial charge in [-0.2, -0.15) is 0 Å². The zero-order valence-corrected chi connectivity index (χ0v) is 13.7. The molecule has 0 spiro atoms. The smallest absolute Gasteiger partial charge is 0.267 e. The second-order valence-corrected chi connectivity index (χ2v) is 6.79. The number of aromatic nitrogens is 1. The van der Waals surface area contributed by atoms with Crippen molar-refractivity contribution in [1.82, 2.24) is 10.3 Å². The predicted molar refractivity (Wildman–Crippen MR) is 98.3 cm³/mol. The normalized spacial score (nSPS) is 13.7. The van der Waals surface area contributed by atoms with Crippen LogP contribution in [0.5, 0.6) is 0 Å². The van der Waals surface area contributed by atoms with E-state index in [1.165, 1.54) is 11.3 Å². The lowest BCUT2D eigenvalue weighted by molar-refractivity contribution is 0.103. The van der Waals surface area contributed by atoms with E-state index in [0.717, 1.165) is 41.0 Å². The summed E-state index contributed by atoms with van der Waals surface area (Å²) in [7, 11) is 0. The largest absolute Gasteiger partial charge is 0.399 e. The highest BCUT2D eigenvalue weighted by Gasteiger charge is 2.20. The molecule has 1 amide bonds. The number of thiophene rings is 1. The standard InChI is InChI=1S/C17H17N5OS/c18-10-1-3-11(4-2-10)21-16(23)15-14(19)12-7-9-8-20-6-5-13(9)22-17(12)24-15/h1-4,7,20H,5-6,8,18-19H2,(H,21,23). The van der Waals surface area contributed by atoms with E-state index in [9.17, 15) is 4.79 Å². The summed E-state index contributed by atoms with van der Waals surface area (Å²) in [4.78, 5) is 18.6. The molecule has 2 aromatic heterocycles. The fourth-order valence-electron chi connectivity index (χ4n) is 2.84. The molecule has 122 valence electrons. The van der Waals surface area contributed by atoms with Gasteiger partial charge in [-0.15, -0.1) is 11.3 Å². The van der Waals surface area contributed by atoms with E-state index in [4.69, 9.17) is 16.5 Å². The predicted octanol–water partition coefficient (Wildman–Crippen LogP) is 2.36. The molecule has 0 saturated carbocycles. The van der Waals surface area contributed by atoms with Gasteiger partial charge < -0.3 is 22.1 Å². The van der Waals surface area contributed by atoms with Crippen molar-refractivity contribution in [2.24, 2.45) is 0 Å². The Bertz CT molecular complexity index is 932. The van der Waals surface area contributed by atoms with Crippen LogP contribution in [0.25, 0.3) is 10.2 Å². The number of carbonyl (C=O) groups is 1. The molecule has 0 bridgehead atoms. The van der Waals surface area contributed by atoms with Crippen LogP contribution in [0, 0.1) is 0 Å². The number of rotatable bonds is 2. The average molecular weight is 339 g/mol. The van der Waals surface area contributed by atoms with Crippen molar-refractivity contribution in [3.05, 3.63) is 46.5 Å². The molecule has 3 heterocycles. The highest BCUT2D eigenvalue weighted by molar-refractivity contribution is 7.21. The van der Waals surface area contributed by atoms with E-state index in [1.807, 2.05) is 0 Å². The molecule has 1 aliphatic rings. The minimum atomic E-state index is -0.226. The highest BCUT2D eigenvalue weighted by Crippen LogP contribution is 2.34. The molecular formula is C17H17N5OS. The number of nitrogens with zero attached hydrogens (tertiary/aromatic N) is 1. The van der Waals surface area contributed by atoms with E-state index in [-0.39, 0.29) is 5.91 Å². The molecule has 7 heteroatoms. The first-order valence-corrected chi connectivity index (χ1v) is 8.52. The number of nitrogens with one attached hydrogen (secondary N) is 2. The number of nitrogen functional groups attached to an aromatic ring is 2. The van der Waals surface area contributed by atoms with Crippen LogP contribution >= 0.6 is 11.3 Å². The first-order chi connectivity index (χ1) is 11.6. The quantitative estimate of drug-likeness (QED) is 0.536. The lowest BCUT2D eigenvalue weighted by atomic mass is 10.1. The van der Waals surface area contributed by atoms with Gasteiger partial charge >= 0.3 is 0 Å². The second kappa shape index (κ2) is 5.77. The molecule has 4 rings (SSSR count). The Balaban J connectivity index is 1.69. The van der Waals surface area contributed by atoms with Crippen LogP contribution in [0.2, 0.25) is 0 Å². The Morgan fingerprint density at radius 2 is 2.04 bits per heavy atom. The lowest BCUT2D eigenvalue weighted by Crippen LogP contribution is -2.24. The summed E-state index contributed by atoms with van der Waals surface area (Å²) in [5.41, 5.74) is 15.9. The topological polar surface area (TPSA) is 106 Å². The van der Waals surface area contributed by atoms with E-state index < -0.39 is 0 Å². The van der Waals surface area contributed by atoms with Gasteiger partial charge in [-0.3, -0.25) is 4.79 Å². The van der Waals surface area contributed by atoms with Crippen molar-refractivity contribution in [3.8, 4) is 0 Å². The molecule has 0 fully saturated rings. The molecule has 6 nitrogen and oxygen atoms in total. The van der Waals surface area contributed by atoms with Crippen LogP contribution < -0.4 is 22.1 Å². The van der Waals surface area contributed by atoms with Crippen molar-refractivity contribution in [1.29, 1.82) is 0 Å². The first-order valence-electron chi connectivity index (χ1n) is 7.70. The van der Waals surface area contributed by atoms with E-state index in [2.05, 4.69) is 16.7 Å². The molecule has 24 heavy (non-hydrogen) atoms. The highest BCUT2D eigenvalue weighted by atomic mass is 32.1. The molecule has 0 atom stereocenters. The van der Waals surface area contributed by atoms with Gasteiger partial charge in [0, 0.05) is 42.0 Å². The number of fused-ring (bicyclic) bond motifs is 2. The average Bonchev–Trinajstić information content (AvgIpc) is 2.91. The van der Waals surface area contributed by atoms with Crippen LogP contribution in [-0.4, -0.2) is 17.4 Å². The summed E-state index contributed by atoms with van der Waals surface area (Å²) >= 11 is 1.33. The fraction of sp³-hybridized carbons (Fsp3) is 0.176. The third-order valence-corrected chi connectivity index (χ3v) is 5.23. The van der Waals surface area contributed by atoms with Crippen LogP contribution in [0.4, 0.5) is 17.1 Å². The lowest BCUT2D eigenvalue weighted by Gasteiger charge is -2.15. The van der Waals surface area contributed by atoms with Gasteiger partial charge in [0.15, 0.2) is 0 Å². The summed E-state index contributed by atoms with van der Waals surface area (Å²) in [6.45, 7) is 1.72. The van der Waals surface area contributed by atoms with E-state index in [0.29, 0.717) is 21.9 Å². The van der Waals surface area contributed by atoms with Crippen LogP contribution in [-0.2, 0) is 13.0 Å². The van der Waals surface area contributed by atoms with Gasteiger partial charge in [-0.1, -0.05) is 0 Å². The third kappa shape index (κ3) is 2.57. The molecule has 0 saturated heterocycles. The van der Waals surface area contributed by atoms with Gasteiger partial charge in [0.25, 0.3) is 5.91 Å². The minimum absolute atomic E-state index is 0.226. The zero-order valence-electron chi connectivity index (χ0n) is 12.9. The number of hydrogen-bond donors (Lipinski definition) is 4. The van der Waals surface area contributed by atoms with Gasteiger partial charge in [0.2, 0.25) is 0 Å². The molecule has 1 aromatic carbocycles. The summed E-state index contributed by atoms with van der Waals surface area (Å²) in [5, 5.41) is 7.03. The van der Waals surface area contributed by atoms with Gasteiger partial charge in [-0.05, 0) is 35.9 Å². The summed E-state index contributed by atoms with van der Waals surface area (Å²) in [6, 6.07) is 9.06. The van der Waals surface area contributed by atoms with Crippen molar-refractivity contribution in [2.75, 3.05) is 23.3 Å². The zero-order chi connectivity index (χ0) is 16.7. The van der Waals surface area contributed by atoms with Crippen LogP contribution in [0.1, 0.15) is 20.9 Å². The van der Waals surface area contributed by atoms with Crippen LogP contribution in [0.3, 0.4) is 0 Å². The maximum absolute atomic E-state index is 12.6. The number of hydrogen-bond acceptors (Lipinski definition) is 6.